The summed E-state index contributed by atoms with van der Waals surface area (Å²) in [5.41, 5.74) is 0.361. The number of carbonyl (C=O) groups excluding carboxylic acids is 2. The zero-order chi connectivity index (χ0) is 16.7. The minimum absolute atomic E-state index is 0.0608. The average Bonchev–Trinajstić information content (AvgIpc) is 3.04. The summed E-state index contributed by atoms with van der Waals surface area (Å²) < 4.78 is 15.5. The first-order valence-electron chi connectivity index (χ1n) is 7.27. The largest absolute Gasteiger partial charge is 0.491 e. The van der Waals surface area contributed by atoms with Crippen LogP contribution in [0, 0.1) is 0 Å². The maximum absolute atomic E-state index is 11.9. The molecule has 1 amide bonds. The van der Waals surface area contributed by atoms with E-state index in [-0.39, 0.29) is 19.3 Å². The van der Waals surface area contributed by atoms with Crippen LogP contribution in [0.25, 0.3) is 0 Å². The van der Waals surface area contributed by atoms with Gasteiger partial charge in [-0.05, 0) is 50.2 Å². The summed E-state index contributed by atoms with van der Waals surface area (Å²) in [6.07, 6.45) is 1.58. The van der Waals surface area contributed by atoms with Crippen molar-refractivity contribution >= 4 is 11.9 Å². The van der Waals surface area contributed by atoms with Crippen LogP contribution < -0.4 is 10.1 Å². The summed E-state index contributed by atoms with van der Waals surface area (Å²) in [7, 11) is 0. The Labute approximate surface area is 134 Å². The Bertz CT molecular complexity index is 632. The van der Waals surface area contributed by atoms with E-state index in [9.17, 15) is 9.59 Å². The molecule has 0 unspecified atom stereocenters. The van der Waals surface area contributed by atoms with Crippen LogP contribution in [0.5, 0.6) is 5.75 Å². The number of ether oxygens (including phenoxy) is 2. The fourth-order valence-corrected chi connectivity index (χ4v) is 1.81. The summed E-state index contributed by atoms with van der Waals surface area (Å²) in [6, 6.07) is 10.0. The molecule has 0 saturated carbocycles. The van der Waals surface area contributed by atoms with Gasteiger partial charge in [0.1, 0.15) is 11.5 Å². The van der Waals surface area contributed by atoms with Crippen molar-refractivity contribution in [3.63, 3.8) is 0 Å². The van der Waals surface area contributed by atoms with Crippen LogP contribution in [0.15, 0.2) is 47.1 Å². The average molecular weight is 317 g/mol. The number of rotatable bonds is 7. The lowest BCUT2D eigenvalue weighted by Gasteiger charge is -2.10. The first-order chi connectivity index (χ1) is 11.0. The van der Waals surface area contributed by atoms with Gasteiger partial charge in [0.25, 0.3) is 5.91 Å². The minimum atomic E-state index is -0.561. The highest BCUT2D eigenvalue weighted by molar-refractivity contribution is 5.91. The van der Waals surface area contributed by atoms with Crippen molar-refractivity contribution < 1.29 is 23.5 Å². The molecule has 2 rings (SSSR count). The summed E-state index contributed by atoms with van der Waals surface area (Å²) in [6.45, 7) is 3.75. The Hall–Kier alpha value is -2.76. The van der Waals surface area contributed by atoms with Gasteiger partial charge < -0.3 is 19.2 Å². The predicted molar refractivity (Wildman–Crippen MR) is 83.0 cm³/mol. The molecule has 0 saturated heterocycles. The molecule has 122 valence electrons. The molecule has 0 radical (unpaired) electrons. The molecule has 1 aromatic heterocycles. The molecule has 6 nitrogen and oxygen atoms in total. The molecule has 2 aromatic rings. The van der Waals surface area contributed by atoms with Crippen molar-refractivity contribution in [2.75, 3.05) is 6.61 Å². The number of carbonyl (C=O) groups is 2. The van der Waals surface area contributed by atoms with E-state index in [0.717, 1.165) is 0 Å². The van der Waals surface area contributed by atoms with Crippen LogP contribution in [-0.4, -0.2) is 24.6 Å². The number of amides is 1. The molecule has 0 aliphatic carbocycles. The fourth-order valence-electron chi connectivity index (χ4n) is 1.81. The van der Waals surface area contributed by atoms with E-state index in [1.165, 1.54) is 6.26 Å². The third-order valence-corrected chi connectivity index (χ3v) is 2.84. The van der Waals surface area contributed by atoms with Gasteiger partial charge in [-0.3, -0.25) is 4.79 Å². The maximum atomic E-state index is 11.9. The first kappa shape index (κ1) is 16.6. The van der Waals surface area contributed by atoms with Gasteiger partial charge in [0.05, 0.1) is 24.5 Å². The normalized spacial score (nSPS) is 10.4. The minimum Gasteiger partial charge on any atom is -0.491 e. The van der Waals surface area contributed by atoms with Crippen LogP contribution in [0.3, 0.4) is 0 Å². The van der Waals surface area contributed by atoms with Gasteiger partial charge in [0, 0.05) is 0 Å². The molecular formula is C17H19NO5. The molecule has 0 spiro atoms. The Kier molecular flexibility index (Phi) is 5.80. The molecule has 0 aliphatic heterocycles. The highest BCUT2D eigenvalue weighted by Gasteiger charge is 2.11. The van der Waals surface area contributed by atoms with E-state index < -0.39 is 11.9 Å². The molecule has 1 N–H and O–H groups in total. The summed E-state index contributed by atoms with van der Waals surface area (Å²) >= 11 is 0. The Morgan fingerprint density at radius 1 is 1.17 bits per heavy atom. The summed E-state index contributed by atoms with van der Waals surface area (Å²) in [4.78, 5) is 23.5. The van der Waals surface area contributed by atoms with E-state index in [1.54, 1.807) is 36.4 Å². The molecule has 1 heterocycles. The Morgan fingerprint density at radius 2 is 1.91 bits per heavy atom. The smallest absolute Gasteiger partial charge is 0.338 e. The Balaban J connectivity index is 1.76. The third-order valence-electron chi connectivity index (χ3n) is 2.84. The van der Waals surface area contributed by atoms with Crippen molar-refractivity contribution in [2.45, 2.75) is 26.5 Å². The number of esters is 1. The van der Waals surface area contributed by atoms with Gasteiger partial charge >= 0.3 is 5.97 Å². The lowest BCUT2D eigenvalue weighted by molar-refractivity contribution is -0.124. The lowest BCUT2D eigenvalue weighted by atomic mass is 10.2. The molecule has 0 fully saturated rings. The number of hydrogen-bond acceptors (Lipinski definition) is 5. The van der Waals surface area contributed by atoms with Crippen molar-refractivity contribution in [1.29, 1.82) is 0 Å². The number of hydrogen-bond donors (Lipinski definition) is 1. The highest BCUT2D eigenvalue weighted by Crippen LogP contribution is 2.14. The number of nitrogens with one attached hydrogen (secondary N) is 1. The van der Waals surface area contributed by atoms with Gasteiger partial charge in [0.15, 0.2) is 6.61 Å². The van der Waals surface area contributed by atoms with Crippen LogP contribution >= 0.6 is 0 Å². The van der Waals surface area contributed by atoms with Crippen molar-refractivity contribution in [1.82, 2.24) is 5.32 Å². The lowest BCUT2D eigenvalue weighted by Crippen LogP contribution is -2.28. The number of furan rings is 1. The van der Waals surface area contributed by atoms with Crippen molar-refractivity contribution in [3.05, 3.63) is 54.0 Å². The summed E-state index contributed by atoms with van der Waals surface area (Å²) in [5.74, 6) is 0.349. The van der Waals surface area contributed by atoms with Gasteiger partial charge in [-0.1, -0.05) is 0 Å². The molecule has 1 aromatic carbocycles. The molecule has 0 aliphatic rings. The van der Waals surface area contributed by atoms with E-state index in [1.807, 2.05) is 13.8 Å². The SMILES string of the molecule is CC(C)Oc1ccc(C(=O)OCC(=O)NCc2ccco2)cc1. The van der Waals surface area contributed by atoms with E-state index in [2.05, 4.69) is 5.32 Å². The maximum Gasteiger partial charge on any atom is 0.338 e. The van der Waals surface area contributed by atoms with E-state index in [0.29, 0.717) is 17.1 Å². The zero-order valence-electron chi connectivity index (χ0n) is 13.1. The fraction of sp³-hybridized carbons (Fsp3) is 0.294. The van der Waals surface area contributed by atoms with Crippen molar-refractivity contribution in [3.8, 4) is 5.75 Å². The zero-order valence-corrected chi connectivity index (χ0v) is 13.1. The van der Waals surface area contributed by atoms with Gasteiger partial charge in [0.2, 0.25) is 0 Å². The second-order valence-electron chi connectivity index (χ2n) is 5.12. The molecule has 0 atom stereocenters. The predicted octanol–water partition coefficient (Wildman–Crippen LogP) is 2.54. The molecule has 23 heavy (non-hydrogen) atoms. The number of benzene rings is 1. The monoisotopic (exact) mass is 317 g/mol. The van der Waals surface area contributed by atoms with E-state index in [4.69, 9.17) is 13.9 Å². The van der Waals surface area contributed by atoms with Crippen LogP contribution in [0.2, 0.25) is 0 Å². The van der Waals surface area contributed by atoms with Crippen LogP contribution in [0.1, 0.15) is 30.0 Å². The van der Waals surface area contributed by atoms with Crippen LogP contribution in [0.4, 0.5) is 0 Å². The quantitative estimate of drug-likeness (QED) is 0.794. The van der Waals surface area contributed by atoms with Gasteiger partial charge in [-0.15, -0.1) is 0 Å². The topological polar surface area (TPSA) is 77.8 Å². The van der Waals surface area contributed by atoms with Gasteiger partial charge in [-0.2, -0.15) is 0 Å². The third kappa shape index (κ3) is 5.50. The van der Waals surface area contributed by atoms with Crippen molar-refractivity contribution in [2.24, 2.45) is 0 Å². The molecular weight excluding hydrogens is 298 g/mol. The second kappa shape index (κ2) is 8.03. The molecule has 0 bridgehead atoms. The Morgan fingerprint density at radius 3 is 2.52 bits per heavy atom. The van der Waals surface area contributed by atoms with Crippen LogP contribution in [-0.2, 0) is 16.1 Å². The first-order valence-corrected chi connectivity index (χ1v) is 7.27. The standard InChI is InChI=1S/C17H19NO5/c1-12(2)23-14-7-5-13(6-8-14)17(20)22-11-16(19)18-10-15-4-3-9-21-15/h3-9,12H,10-11H2,1-2H3,(H,18,19). The highest BCUT2D eigenvalue weighted by atomic mass is 16.5. The van der Waals surface area contributed by atoms with Gasteiger partial charge in [-0.25, -0.2) is 4.79 Å². The second-order valence-corrected chi connectivity index (χ2v) is 5.12. The van der Waals surface area contributed by atoms with E-state index >= 15 is 0 Å². The summed E-state index contributed by atoms with van der Waals surface area (Å²) in [5, 5.41) is 2.59. The molecule has 6 heteroatoms.